The minimum atomic E-state index is -3.60. The Bertz CT molecular complexity index is 702. The van der Waals surface area contributed by atoms with Gasteiger partial charge in [-0.2, -0.15) is 0 Å². The fourth-order valence-corrected chi connectivity index (χ4v) is 3.98. The van der Waals surface area contributed by atoms with E-state index in [0.29, 0.717) is 37.1 Å². The topological polar surface area (TPSA) is 84.9 Å². The summed E-state index contributed by atoms with van der Waals surface area (Å²) >= 11 is 0. The highest BCUT2D eigenvalue weighted by molar-refractivity contribution is 7.92. The van der Waals surface area contributed by atoms with Crippen molar-refractivity contribution in [2.45, 2.75) is 44.6 Å². The summed E-state index contributed by atoms with van der Waals surface area (Å²) in [5.41, 5.74) is 0.396. The lowest BCUT2D eigenvalue weighted by Crippen LogP contribution is -2.40. The zero-order valence-corrected chi connectivity index (χ0v) is 17.0. The van der Waals surface area contributed by atoms with E-state index >= 15 is 0 Å². The van der Waals surface area contributed by atoms with Crippen LogP contribution in [0, 0.1) is 0 Å². The van der Waals surface area contributed by atoms with Crippen molar-refractivity contribution in [1.82, 2.24) is 5.32 Å². The number of nitrogens with zero attached hydrogens (tertiary/aromatic N) is 1. The molecule has 1 N–H and O–H groups in total. The second-order valence-corrected chi connectivity index (χ2v) is 8.71. The van der Waals surface area contributed by atoms with Gasteiger partial charge < -0.3 is 14.8 Å². The molecule has 1 aliphatic rings. The number of methoxy groups -OCH3 is 1. The summed E-state index contributed by atoms with van der Waals surface area (Å²) in [6, 6.07) is 6.63. The minimum Gasteiger partial charge on any atom is -0.497 e. The number of ether oxygens (including phenoxy) is 2. The molecule has 1 aliphatic carbocycles. The van der Waals surface area contributed by atoms with Gasteiger partial charge in [-0.1, -0.05) is 25.3 Å². The molecule has 0 heterocycles. The highest BCUT2D eigenvalue weighted by Gasteiger charge is 2.21. The zero-order valence-electron chi connectivity index (χ0n) is 16.1. The Morgan fingerprint density at radius 2 is 2.00 bits per heavy atom. The third-order valence-corrected chi connectivity index (χ3v) is 5.72. The second kappa shape index (κ2) is 10.5. The number of hydrogen-bond acceptors (Lipinski definition) is 5. The lowest BCUT2D eigenvalue weighted by Gasteiger charge is -2.23. The molecule has 1 amide bonds. The van der Waals surface area contributed by atoms with Crippen molar-refractivity contribution < 1.29 is 22.7 Å². The van der Waals surface area contributed by atoms with E-state index in [-0.39, 0.29) is 12.5 Å². The summed E-state index contributed by atoms with van der Waals surface area (Å²) in [5.74, 6) is 0.183. The van der Waals surface area contributed by atoms with Gasteiger partial charge in [-0.25, -0.2) is 8.42 Å². The maximum atomic E-state index is 12.2. The van der Waals surface area contributed by atoms with E-state index in [0.717, 1.165) is 23.4 Å². The Balaban J connectivity index is 1.79. The van der Waals surface area contributed by atoms with Crippen LogP contribution in [0.15, 0.2) is 24.3 Å². The van der Waals surface area contributed by atoms with Crippen LogP contribution in [-0.2, 0) is 19.6 Å². The van der Waals surface area contributed by atoms with Gasteiger partial charge in [-0.3, -0.25) is 9.10 Å². The van der Waals surface area contributed by atoms with Crippen molar-refractivity contribution in [3.05, 3.63) is 24.3 Å². The highest BCUT2D eigenvalue weighted by Crippen LogP contribution is 2.23. The fraction of sp³-hybridized carbons (Fsp3) is 0.632. The van der Waals surface area contributed by atoms with Gasteiger partial charge in [0.1, 0.15) is 12.3 Å². The van der Waals surface area contributed by atoms with Gasteiger partial charge in [0.25, 0.3) is 0 Å². The molecule has 0 aromatic heterocycles. The van der Waals surface area contributed by atoms with Gasteiger partial charge >= 0.3 is 0 Å². The molecule has 1 aromatic carbocycles. The minimum absolute atomic E-state index is 0.268. The average molecular weight is 399 g/mol. The lowest BCUT2D eigenvalue weighted by molar-refractivity contribution is -0.119. The van der Waals surface area contributed by atoms with Crippen molar-refractivity contribution in [3.8, 4) is 5.75 Å². The Labute approximate surface area is 162 Å². The predicted molar refractivity (Wildman–Crippen MR) is 106 cm³/mol. The molecule has 0 spiro atoms. The molecule has 1 saturated carbocycles. The van der Waals surface area contributed by atoms with Gasteiger partial charge in [-0.05, 0) is 31.4 Å². The molecule has 0 unspecified atom stereocenters. The molecular formula is C19H30N2O5S. The summed E-state index contributed by atoms with van der Waals surface area (Å²) in [6.07, 6.45) is 8.13. The fourth-order valence-electron chi connectivity index (χ4n) is 3.13. The molecule has 7 nitrogen and oxygen atoms in total. The number of anilines is 1. The predicted octanol–water partition coefficient (Wildman–Crippen LogP) is 2.32. The van der Waals surface area contributed by atoms with Crippen LogP contribution in [0.4, 0.5) is 5.69 Å². The molecule has 2 rings (SSSR count). The van der Waals surface area contributed by atoms with Crippen molar-refractivity contribution in [2.24, 2.45) is 0 Å². The number of nitrogens with one attached hydrogen (secondary N) is 1. The first-order valence-electron chi connectivity index (χ1n) is 9.40. The maximum Gasteiger partial charge on any atom is 0.240 e. The van der Waals surface area contributed by atoms with Gasteiger partial charge in [0.2, 0.25) is 15.9 Å². The van der Waals surface area contributed by atoms with Crippen LogP contribution in [0.25, 0.3) is 0 Å². The molecular weight excluding hydrogens is 368 g/mol. The number of carbonyl (C=O) groups is 1. The Morgan fingerprint density at radius 3 is 2.67 bits per heavy atom. The second-order valence-electron chi connectivity index (χ2n) is 6.81. The van der Waals surface area contributed by atoms with Gasteiger partial charge in [-0.15, -0.1) is 0 Å². The molecule has 152 valence electrons. The Morgan fingerprint density at radius 1 is 1.26 bits per heavy atom. The zero-order chi connectivity index (χ0) is 19.7. The molecule has 0 bridgehead atoms. The molecule has 0 aliphatic heterocycles. The first-order valence-corrected chi connectivity index (χ1v) is 11.2. The summed E-state index contributed by atoms with van der Waals surface area (Å²) in [5, 5.41) is 2.77. The molecule has 1 aromatic rings. The molecule has 0 atom stereocenters. The van der Waals surface area contributed by atoms with Crippen LogP contribution in [-0.4, -0.2) is 53.5 Å². The Hall–Kier alpha value is -1.80. The van der Waals surface area contributed by atoms with E-state index in [2.05, 4.69) is 5.32 Å². The van der Waals surface area contributed by atoms with Gasteiger partial charge in [0, 0.05) is 19.2 Å². The summed E-state index contributed by atoms with van der Waals surface area (Å²) in [4.78, 5) is 12.2. The quantitative estimate of drug-likeness (QED) is 0.612. The van der Waals surface area contributed by atoms with Crippen LogP contribution in [0.2, 0.25) is 0 Å². The van der Waals surface area contributed by atoms with Crippen LogP contribution in [0.5, 0.6) is 5.75 Å². The van der Waals surface area contributed by atoms with Crippen LogP contribution in [0.3, 0.4) is 0 Å². The third-order valence-electron chi connectivity index (χ3n) is 4.58. The highest BCUT2D eigenvalue weighted by atomic mass is 32.2. The Kier molecular flexibility index (Phi) is 8.37. The van der Waals surface area contributed by atoms with E-state index < -0.39 is 10.0 Å². The summed E-state index contributed by atoms with van der Waals surface area (Å²) in [7, 11) is -2.09. The number of amides is 1. The van der Waals surface area contributed by atoms with E-state index in [1.165, 1.54) is 26.4 Å². The molecule has 27 heavy (non-hydrogen) atoms. The van der Waals surface area contributed by atoms with E-state index in [9.17, 15) is 13.2 Å². The molecule has 0 radical (unpaired) electrons. The number of carbonyl (C=O) groups excluding carboxylic acids is 1. The van der Waals surface area contributed by atoms with E-state index in [1.807, 2.05) is 0 Å². The lowest BCUT2D eigenvalue weighted by atomic mass is 9.98. The number of sulfonamides is 1. The van der Waals surface area contributed by atoms with Crippen molar-refractivity contribution in [1.29, 1.82) is 0 Å². The van der Waals surface area contributed by atoms with E-state index in [4.69, 9.17) is 9.47 Å². The summed E-state index contributed by atoms with van der Waals surface area (Å²) < 4.78 is 36.2. The van der Waals surface area contributed by atoms with Crippen molar-refractivity contribution in [3.63, 3.8) is 0 Å². The third kappa shape index (κ3) is 7.38. The molecule has 0 saturated heterocycles. The van der Waals surface area contributed by atoms with Crippen molar-refractivity contribution in [2.75, 3.05) is 37.4 Å². The van der Waals surface area contributed by atoms with Gasteiger partial charge in [0.05, 0.1) is 25.2 Å². The standard InChI is InChI=1S/C19H30N2O5S/c1-25-18-11-6-8-16(14-18)21(27(2,23)24)15-19(22)20-12-7-13-26-17-9-4-3-5-10-17/h6,8,11,14,17H,3-5,7,9-10,12-13,15H2,1-2H3,(H,20,22). The number of rotatable bonds is 10. The first kappa shape index (κ1) is 21.5. The average Bonchev–Trinajstić information content (AvgIpc) is 2.66. The molecule has 1 fully saturated rings. The largest absolute Gasteiger partial charge is 0.497 e. The smallest absolute Gasteiger partial charge is 0.240 e. The monoisotopic (exact) mass is 398 g/mol. The van der Waals surface area contributed by atoms with Crippen LogP contribution in [0.1, 0.15) is 38.5 Å². The first-order chi connectivity index (χ1) is 12.9. The van der Waals surface area contributed by atoms with Crippen LogP contribution < -0.4 is 14.4 Å². The normalized spacial score (nSPS) is 15.3. The number of hydrogen-bond donors (Lipinski definition) is 1. The van der Waals surface area contributed by atoms with Crippen molar-refractivity contribution >= 4 is 21.6 Å². The summed E-state index contributed by atoms with van der Waals surface area (Å²) in [6.45, 7) is 0.799. The van der Waals surface area contributed by atoms with Gasteiger partial charge in [0.15, 0.2) is 0 Å². The number of benzene rings is 1. The maximum absolute atomic E-state index is 12.2. The SMILES string of the molecule is COc1cccc(N(CC(=O)NCCCOC2CCCCC2)S(C)(=O)=O)c1. The van der Waals surface area contributed by atoms with Crippen LogP contribution >= 0.6 is 0 Å². The molecule has 8 heteroatoms. The van der Waals surface area contributed by atoms with E-state index in [1.54, 1.807) is 24.3 Å².